The predicted octanol–water partition coefficient (Wildman–Crippen LogP) is 1.98. The first kappa shape index (κ1) is 15.6. The van der Waals surface area contributed by atoms with Crippen molar-refractivity contribution >= 4 is 23.4 Å². The Bertz CT molecular complexity index is 476. The van der Waals surface area contributed by atoms with Crippen LogP contribution in [0.15, 0.2) is 11.2 Å². The van der Waals surface area contributed by atoms with Gasteiger partial charge in [0.05, 0.1) is 5.56 Å². The smallest absolute Gasteiger partial charge is 0.174 e. The Morgan fingerprint density at radius 1 is 1.58 bits per heavy atom. The lowest BCUT2D eigenvalue weighted by Gasteiger charge is -2.28. The number of pyridine rings is 1. The van der Waals surface area contributed by atoms with Gasteiger partial charge in [-0.1, -0.05) is 5.16 Å². The molecule has 1 aromatic rings. The van der Waals surface area contributed by atoms with Crippen LogP contribution in [0.5, 0.6) is 0 Å². The van der Waals surface area contributed by atoms with Crippen molar-refractivity contribution in [3.8, 4) is 0 Å². The van der Waals surface area contributed by atoms with E-state index in [1.165, 1.54) is 0 Å². The Morgan fingerprint density at radius 2 is 2.21 bits per heavy atom. The fraction of sp³-hybridized carbons (Fsp3) is 0.538. The van der Waals surface area contributed by atoms with E-state index in [1.54, 1.807) is 11.8 Å². The lowest BCUT2D eigenvalue weighted by atomic mass is 10.1. The number of aromatic nitrogens is 1. The van der Waals surface area contributed by atoms with Gasteiger partial charge in [-0.05, 0) is 38.7 Å². The summed E-state index contributed by atoms with van der Waals surface area (Å²) in [5, 5.41) is 12.1. The summed E-state index contributed by atoms with van der Waals surface area (Å²) in [4.78, 5) is 6.62. The summed E-state index contributed by atoms with van der Waals surface area (Å²) in [5.74, 6) is 1.85. The standard InChI is InChI=1S/C13H22N4OS/c1-8-6-9(2)15-13(11(8)12(14)16-18)17(4)10(3)7-19-5/h6,10,18H,7H2,1-5H3,(H2,14,16). The number of oxime groups is 1. The zero-order valence-electron chi connectivity index (χ0n) is 12.1. The summed E-state index contributed by atoms with van der Waals surface area (Å²) in [6.45, 7) is 6.02. The molecule has 0 bridgehead atoms. The van der Waals surface area contributed by atoms with Crippen molar-refractivity contribution in [1.82, 2.24) is 4.98 Å². The molecule has 0 radical (unpaired) electrons. The number of nitrogens with zero attached hydrogens (tertiary/aromatic N) is 3. The van der Waals surface area contributed by atoms with E-state index in [0.717, 1.165) is 22.8 Å². The van der Waals surface area contributed by atoms with E-state index in [2.05, 4.69) is 28.2 Å². The van der Waals surface area contributed by atoms with Crippen LogP contribution >= 0.6 is 11.8 Å². The van der Waals surface area contributed by atoms with Crippen molar-refractivity contribution in [1.29, 1.82) is 0 Å². The zero-order valence-corrected chi connectivity index (χ0v) is 13.0. The van der Waals surface area contributed by atoms with Crippen LogP contribution < -0.4 is 10.6 Å². The third-order valence-corrected chi connectivity index (χ3v) is 3.91. The van der Waals surface area contributed by atoms with Gasteiger partial charge in [-0.25, -0.2) is 4.98 Å². The van der Waals surface area contributed by atoms with Gasteiger partial charge in [0.2, 0.25) is 0 Å². The Kier molecular flexibility index (Phi) is 5.47. The van der Waals surface area contributed by atoms with Gasteiger partial charge in [0.15, 0.2) is 5.84 Å². The Hall–Kier alpha value is -1.43. The maximum atomic E-state index is 8.94. The topological polar surface area (TPSA) is 74.7 Å². The second-order valence-electron chi connectivity index (χ2n) is 4.68. The van der Waals surface area contributed by atoms with Crippen LogP contribution in [0.4, 0.5) is 5.82 Å². The second kappa shape index (κ2) is 6.65. The Labute approximate surface area is 118 Å². The van der Waals surface area contributed by atoms with Crippen LogP contribution in [-0.4, -0.2) is 41.1 Å². The van der Waals surface area contributed by atoms with Gasteiger partial charge < -0.3 is 15.8 Å². The largest absolute Gasteiger partial charge is 0.409 e. The fourth-order valence-corrected chi connectivity index (χ4v) is 2.71. The summed E-state index contributed by atoms with van der Waals surface area (Å²) in [6, 6.07) is 2.25. The highest BCUT2D eigenvalue weighted by Gasteiger charge is 2.19. The molecule has 5 nitrogen and oxygen atoms in total. The molecule has 0 aliphatic carbocycles. The van der Waals surface area contributed by atoms with Crippen LogP contribution in [0.1, 0.15) is 23.7 Å². The molecule has 19 heavy (non-hydrogen) atoms. The lowest BCUT2D eigenvalue weighted by Crippen LogP contribution is -2.34. The minimum absolute atomic E-state index is 0.100. The molecule has 3 N–H and O–H groups in total. The van der Waals surface area contributed by atoms with E-state index in [4.69, 9.17) is 10.9 Å². The van der Waals surface area contributed by atoms with Crippen LogP contribution in [-0.2, 0) is 0 Å². The Balaban J connectivity index is 3.32. The fourth-order valence-electron chi connectivity index (χ4n) is 2.00. The molecule has 1 rings (SSSR count). The van der Waals surface area contributed by atoms with E-state index < -0.39 is 0 Å². The van der Waals surface area contributed by atoms with Crippen molar-refractivity contribution < 1.29 is 5.21 Å². The average Bonchev–Trinajstić information content (AvgIpc) is 2.36. The highest BCUT2D eigenvalue weighted by Crippen LogP contribution is 2.23. The number of anilines is 1. The highest BCUT2D eigenvalue weighted by molar-refractivity contribution is 7.98. The van der Waals surface area contributed by atoms with E-state index >= 15 is 0 Å². The average molecular weight is 282 g/mol. The van der Waals surface area contributed by atoms with Gasteiger partial charge in [0.25, 0.3) is 0 Å². The first-order valence-corrected chi connectivity index (χ1v) is 7.49. The SMILES string of the molecule is CSCC(C)N(C)c1nc(C)cc(C)c1/C(N)=N/O. The summed E-state index contributed by atoms with van der Waals surface area (Å²) >= 11 is 1.78. The molecule has 0 aliphatic heterocycles. The molecule has 0 saturated carbocycles. The van der Waals surface area contributed by atoms with E-state index in [-0.39, 0.29) is 5.84 Å². The maximum Gasteiger partial charge on any atom is 0.174 e. The Morgan fingerprint density at radius 3 is 2.74 bits per heavy atom. The molecule has 1 heterocycles. The molecule has 106 valence electrons. The molecular weight excluding hydrogens is 260 g/mol. The van der Waals surface area contributed by atoms with Crippen LogP contribution in [0.3, 0.4) is 0 Å². The van der Waals surface area contributed by atoms with Crippen LogP contribution in [0.25, 0.3) is 0 Å². The normalized spacial score (nSPS) is 13.4. The van der Waals surface area contributed by atoms with Crippen molar-refractivity contribution in [3.05, 3.63) is 22.9 Å². The molecule has 0 amide bonds. The quantitative estimate of drug-likeness (QED) is 0.374. The number of hydrogen-bond acceptors (Lipinski definition) is 5. The molecule has 0 aromatic carbocycles. The molecule has 0 saturated heterocycles. The summed E-state index contributed by atoms with van der Waals surface area (Å²) < 4.78 is 0. The van der Waals surface area contributed by atoms with Gasteiger partial charge in [0.1, 0.15) is 5.82 Å². The summed E-state index contributed by atoms with van der Waals surface area (Å²) in [5.41, 5.74) is 8.36. The second-order valence-corrected chi connectivity index (χ2v) is 5.59. The molecule has 6 heteroatoms. The van der Waals surface area contributed by atoms with E-state index in [0.29, 0.717) is 11.6 Å². The molecular formula is C13H22N4OS. The number of amidine groups is 1. The first-order valence-electron chi connectivity index (χ1n) is 6.10. The van der Waals surface area contributed by atoms with E-state index in [1.807, 2.05) is 27.0 Å². The maximum absolute atomic E-state index is 8.94. The van der Waals surface area contributed by atoms with Crippen molar-refractivity contribution in [2.75, 3.05) is 24.0 Å². The number of aryl methyl sites for hydroxylation is 2. The zero-order chi connectivity index (χ0) is 14.6. The summed E-state index contributed by atoms with van der Waals surface area (Å²) in [7, 11) is 1.98. The lowest BCUT2D eigenvalue weighted by molar-refractivity contribution is 0.318. The van der Waals surface area contributed by atoms with Crippen molar-refractivity contribution in [2.45, 2.75) is 26.8 Å². The third-order valence-electron chi connectivity index (χ3n) is 3.09. The number of nitrogens with two attached hydrogens (primary N) is 1. The van der Waals surface area contributed by atoms with Gasteiger partial charge in [-0.3, -0.25) is 0 Å². The monoisotopic (exact) mass is 282 g/mol. The molecule has 1 atom stereocenters. The van der Waals surface area contributed by atoms with Gasteiger partial charge in [0, 0.05) is 24.5 Å². The van der Waals surface area contributed by atoms with Crippen LogP contribution in [0.2, 0.25) is 0 Å². The molecule has 0 fully saturated rings. The minimum atomic E-state index is 0.100. The number of thioether (sulfide) groups is 1. The minimum Gasteiger partial charge on any atom is -0.409 e. The predicted molar refractivity (Wildman–Crippen MR) is 82.5 cm³/mol. The third kappa shape index (κ3) is 3.53. The van der Waals surface area contributed by atoms with Crippen molar-refractivity contribution in [3.63, 3.8) is 0 Å². The number of rotatable bonds is 5. The van der Waals surface area contributed by atoms with E-state index in [9.17, 15) is 0 Å². The summed E-state index contributed by atoms with van der Waals surface area (Å²) in [6.07, 6.45) is 2.07. The van der Waals surface area contributed by atoms with Crippen LogP contribution in [0, 0.1) is 13.8 Å². The highest BCUT2D eigenvalue weighted by atomic mass is 32.2. The molecule has 1 aromatic heterocycles. The van der Waals surface area contributed by atoms with Gasteiger partial charge in [-0.15, -0.1) is 0 Å². The first-order chi connectivity index (χ1) is 8.92. The molecule has 0 aliphatic rings. The number of hydrogen-bond donors (Lipinski definition) is 2. The molecule has 0 spiro atoms. The molecule has 1 unspecified atom stereocenters. The van der Waals surface area contributed by atoms with Crippen molar-refractivity contribution in [2.24, 2.45) is 10.9 Å². The van der Waals surface area contributed by atoms with Gasteiger partial charge >= 0.3 is 0 Å². The van der Waals surface area contributed by atoms with Gasteiger partial charge in [-0.2, -0.15) is 11.8 Å².